The molecule has 1 N–H and O–H groups in total. The maximum Gasteiger partial charge on any atom is 0.250 e. The molecule has 0 spiro atoms. The average Bonchev–Trinajstić information content (AvgIpc) is 3.15. The molecule has 0 fully saturated rings. The Morgan fingerprint density at radius 2 is 1.63 bits per heavy atom. The molecule has 158 valence electrons. The van der Waals surface area contributed by atoms with Gasteiger partial charge in [0, 0.05) is 15.6 Å². The van der Waals surface area contributed by atoms with Gasteiger partial charge in [-0.25, -0.2) is 8.42 Å². The van der Waals surface area contributed by atoms with Crippen LogP contribution < -0.4 is 9.62 Å². The number of hydrogen-bond acceptors (Lipinski definition) is 6. The van der Waals surface area contributed by atoms with Gasteiger partial charge in [-0.3, -0.25) is 14.4 Å². The fourth-order valence-electron chi connectivity index (χ4n) is 2.82. The first kappa shape index (κ1) is 22.5. The lowest BCUT2D eigenvalue weighted by molar-refractivity contribution is -0.117. The van der Waals surface area contributed by atoms with E-state index in [4.69, 9.17) is 23.2 Å². The number of carbonyl (C=O) groups is 1. The van der Waals surface area contributed by atoms with Crippen LogP contribution >= 0.6 is 34.5 Å². The van der Waals surface area contributed by atoms with Crippen molar-refractivity contribution < 1.29 is 13.2 Å². The molecule has 1 aromatic heterocycles. The lowest BCUT2D eigenvalue weighted by Crippen LogP contribution is -2.46. The van der Waals surface area contributed by atoms with Crippen molar-refractivity contribution in [3.63, 3.8) is 0 Å². The van der Waals surface area contributed by atoms with Gasteiger partial charge in [0.1, 0.15) is 11.0 Å². The minimum absolute atomic E-state index is 0.254. The smallest absolute Gasteiger partial charge is 0.250 e. The van der Waals surface area contributed by atoms with Crippen LogP contribution in [-0.2, 0) is 14.8 Å². The van der Waals surface area contributed by atoms with Crippen LogP contribution in [0.5, 0.6) is 0 Å². The first-order valence-corrected chi connectivity index (χ1v) is 12.3. The highest BCUT2D eigenvalue weighted by Gasteiger charge is 2.32. The zero-order chi connectivity index (χ0) is 21.9. The summed E-state index contributed by atoms with van der Waals surface area (Å²) in [6, 6.07) is 12.4. The largest absolute Gasteiger partial charge is 0.299 e. The van der Waals surface area contributed by atoms with E-state index in [1.54, 1.807) is 55.5 Å². The Morgan fingerprint density at radius 1 is 1.07 bits per heavy atom. The molecule has 0 aliphatic heterocycles. The molecular formula is C19H18Cl2N4O3S2. The summed E-state index contributed by atoms with van der Waals surface area (Å²) in [7, 11) is -3.74. The molecular weight excluding hydrogens is 467 g/mol. The van der Waals surface area contributed by atoms with Crippen molar-refractivity contribution >= 4 is 61.3 Å². The van der Waals surface area contributed by atoms with Crippen molar-refractivity contribution in [1.82, 2.24) is 10.2 Å². The Bertz CT molecular complexity index is 1130. The van der Waals surface area contributed by atoms with Gasteiger partial charge in [0.05, 0.1) is 11.9 Å². The van der Waals surface area contributed by atoms with Gasteiger partial charge in [0.25, 0.3) is 0 Å². The summed E-state index contributed by atoms with van der Waals surface area (Å²) in [6.07, 6.45) is 1.31. The second-order valence-electron chi connectivity index (χ2n) is 6.37. The fourth-order valence-corrected chi connectivity index (χ4v) is 5.04. The van der Waals surface area contributed by atoms with E-state index in [1.165, 1.54) is 11.3 Å². The van der Waals surface area contributed by atoms with Gasteiger partial charge in [-0.1, -0.05) is 53.6 Å². The number of aromatic nitrogens is 2. The van der Waals surface area contributed by atoms with Gasteiger partial charge in [-0.05, 0) is 42.8 Å². The number of benzene rings is 2. The summed E-state index contributed by atoms with van der Waals surface area (Å²) >= 11 is 13.0. The number of anilines is 2. The van der Waals surface area contributed by atoms with Gasteiger partial charge in [-0.2, -0.15) is 0 Å². The van der Waals surface area contributed by atoms with E-state index >= 15 is 0 Å². The third-order valence-corrected chi connectivity index (χ3v) is 6.73. The molecule has 0 radical (unpaired) electrons. The molecule has 1 amide bonds. The number of amides is 1. The predicted molar refractivity (Wildman–Crippen MR) is 122 cm³/mol. The van der Waals surface area contributed by atoms with Crippen molar-refractivity contribution in [2.45, 2.75) is 19.4 Å². The van der Waals surface area contributed by atoms with E-state index in [1.807, 2.05) is 0 Å². The van der Waals surface area contributed by atoms with Crippen molar-refractivity contribution in [3.05, 3.63) is 58.6 Å². The minimum atomic E-state index is -3.74. The topological polar surface area (TPSA) is 92.3 Å². The summed E-state index contributed by atoms with van der Waals surface area (Å²) in [5.74, 6) is -0.503. The van der Waals surface area contributed by atoms with E-state index in [0.717, 1.165) is 16.1 Å². The number of nitrogens with zero attached hydrogens (tertiary/aromatic N) is 3. The van der Waals surface area contributed by atoms with Crippen LogP contribution in [0.1, 0.15) is 13.3 Å². The highest BCUT2D eigenvalue weighted by molar-refractivity contribution is 7.92. The van der Waals surface area contributed by atoms with Crippen LogP contribution in [0.3, 0.4) is 0 Å². The number of hydrogen-bond donors (Lipinski definition) is 1. The second kappa shape index (κ2) is 9.30. The molecule has 3 rings (SSSR count). The van der Waals surface area contributed by atoms with Crippen LogP contribution in [0.2, 0.25) is 10.0 Å². The zero-order valence-corrected chi connectivity index (χ0v) is 19.2. The van der Waals surface area contributed by atoms with Crippen LogP contribution in [0, 0.1) is 0 Å². The van der Waals surface area contributed by atoms with E-state index in [9.17, 15) is 13.2 Å². The average molecular weight is 485 g/mol. The third kappa shape index (κ3) is 5.28. The SMILES string of the molecule is CC[C@H](C(=O)Nc1nnc(-c2ccc(Cl)cc2)s1)N(c1ccc(Cl)cc1)S(C)(=O)=O. The highest BCUT2D eigenvalue weighted by Crippen LogP contribution is 2.29. The van der Waals surface area contributed by atoms with Crippen molar-refractivity contribution in [2.75, 3.05) is 15.9 Å². The molecule has 30 heavy (non-hydrogen) atoms. The predicted octanol–water partition coefficient (Wildman–Crippen LogP) is 4.70. The lowest BCUT2D eigenvalue weighted by atomic mass is 10.2. The van der Waals surface area contributed by atoms with Crippen LogP contribution in [0.25, 0.3) is 10.6 Å². The van der Waals surface area contributed by atoms with Crippen LogP contribution in [0.15, 0.2) is 48.5 Å². The molecule has 0 saturated heterocycles. The number of halogens is 2. The summed E-state index contributed by atoms with van der Waals surface area (Å²) < 4.78 is 26.0. The molecule has 0 unspecified atom stereocenters. The van der Waals surface area contributed by atoms with Crippen molar-refractivity contribution in [2.24, 2.45) is 0 Å². The molecule has 11 heteroatoms. The van der Waals surface area contributed by atoms with E-state index in [2.05, 4.69) is 15.5 Å². The first-order valence-electron chi connectivity index (χ1n) is 8.84. The van der Waals surface area contributed by atoms with E-state index in [-0.39, 0.29) is 11.6 Å². The molecule has 0 aliphatic rings. The van der Waals surface area contributed by atoms with E-state index in [0.29, 0.717) is 20.7 Å². The standard InChI is InChI=1S/C19H18Cl2N4O3S2/c1-3-16(25(30(2,27)28)15-10-8-14(21)9-11-15)17(26)22-19-24-23-18(29-19)12-4-6-13(20)7-5-12/h4-11,16H,3H2,1-2H3,(H,22,24,26)/t16-/m1/s1. The van der Waals surface area contributed by atoms with Gasteiger partial charge >= 0.3 is 0 Å². The number of nitrogens with one attached hydrogen (secondary N) is 1. The normalized spacial score (nSPS) is 12.4. The third-order valence-electron chi connectivity index (χ3n) is 4.16. The highest BCUT2D eigenvalue weighted by atomic mass is 35.5. The van der Waals surface area contributed by atoms with Gasteiger partial charge < -0.3 is 0 Å². The Balaban J connectivity index is 1.84. The van der Waals surface area contributed by atoms with Crippen molar-refractivity contribution in [3.8, 4) is 10.6 Å². The molecule has 2 aromatic carbocycles. The monoisotopic (exact) mass is 484 g/mol. The maximum absolute atomic E-state index is 12.9. The molecule has 0 saturated carbocycles. The van der Waals surface area contributed by atoms with Crippen molar-refractivity contribution in [1.29, 1.82) is 0 Å². The molecule has 0 aliphatic carbocycles. The van der Waals surface area contributed by atoms with Crippen LogP contribution in [0.4, 0.5) is 10.8 Å². The Hall–Kier alpha value is -2.20. The van der Waals surface area contributed by atoms with Gasteiger partial charge in [0.2, 0.25) is 21.1 Å². The first-order chi connectivity index (χ1) is 14.2. The molecule has 3 aromatic rings. The molecule has 0 bridgehead atoms. The Morgan fingerprint density at radius 3 is 2.17 bits per heavy atom. The summed E-state index contributed by atoms with van der Waals surface area (Å²) in [5.41, 5.74) is 1.16. The summed E-state index contributed by atoms with van der Waals surface area (Å²) in [4.78, 5) is 12.9. The zero-order valence-electron chi connectivity index (χ0n) is 16.0. The lowest BCUT2D eigenvalue weighted by Gasteiger charge is -2.29. The van der Waals surface area contributed by atoms with Crippen LogP contribution in [-0.4, -0.2) is 36.8 Å². The molecule has 1 heterocycles. The van der Waals surface area contributed by atoms with Gasteiger partial charge in [0.15, 0.2) is 0 Å². The minimum Gasteiger partial charge on any atom is -0.299 e. The number of carbonyl (C=O) groups excluding carboxylic acids is 1. The Labute approximate surface area is 188 Å². The maximum atomic E-state index is 12.9. The fraction of sp³-hybridized carbons (Fsp3) is 0.211. The van der Waals surface area contributed by atoms with E-state index < -0.39 is 22.0 Å². The summed E-state index contributed by atoms with van der Waals surface area (Å²) in [5, 5.41) is 12.7. The Kier molecular flexibility index (Phi) is 6.97. The summed E-state index contributed by atoms with van der Waals surface area (Å²) in [6.45, 7) is 1.73. The number of rotatable bonds is 7. The molecule has 7 nitrogen and oxygen atoms in total. The van der Waals surface area contributed by atoms with Gasteiger partial charge in [-0.15, -0.1) is 10.2 Å². The second-order valence-corrected chi connectivity index (χ2v) is 10.1. The number of sulfonamides is 1. The molecule has 1 atom stereocenters. The quantitative estimate of drug-likeness (QED) is 0.524.